The second-order valence-corrected chi connectivity index (χ2v) is 7.70. The molecule has 0 radical (unpaired) electrons. The zero-order valence-electron chi connectivity index (χ0n) is 14.8. The average molecular weight is 364 g/mol. The lowest BCUT2D eigenvalue weighted by Gasteiger charge is -2.19. The van der Waals surface area contributed by atoms with Gasteiger partial charge in [0.15, 0.2) is 11.6 Å². The zero-order valence-corrected chi connectivity index (χ0v) is 15.6. The minimum atomic E-state index is 0.206. The van der Waals surface area contributed by atoms with E-state index in [4.69, 9.17) is 0 Å². The maximum atomic E-state index is 12.4. The molecule has 132 valence electrons. The number of thioether (sulfide) groups is 1. The van der Waals surface area contributed by atoms with Gasteiger partial charge >= 0.3 is 0 Å². The van der Waals surface area contributed by atoms with E-state index in [2.05, 4.69) is 29.4 Å². The second-order valence-electron chi connectivity index (χ2n) is 6.56. The van der Waals surface area contributed by atoms with Crippen LogP contribution in [0.2, 0.25) is 0 Å². The number of hydrogen-bond acceptors (Lipinski definition) is 5. The summed E-state index contributed by atoms with van der Waals surface area (Å²) in [7, 11) is 0. The first-order chi connectivity index (χ1) is 12.6. The Morgan fingerprint density at radius 1 is 1.19 bits per heavy atom. The highest BCUT2D eigenvalue weighted by Gasteiger charge is 2.21. The van der Waals surface area contributed by atoms with Crippen molar-refractivity contribution in [2.45, 2.75) is 31.2 Å². The first-order valence-electron chi connectivity index (χ1n) is 8.69. The molecule has 0 unspecified atom stereocenters. The molecular formula is C20H20N4OS. The predicted molar refractivity (Wildman–Crippen MR) is 105 cm³/mol. The summed E-state index contributed by atoms with van der Waals surface area (Å²) in [6, 6.07) is 14.3. The fraction of sp³-hybridized carbons (Fsp3) is 0.250. The first-order valence-corrected chi connectivity index (χ1v) is 9.68. The third kappa shape index (κ3) is 3.12. The number of carbonyl (C=O) groups is 1. The molecule has 6 heteroatoms. The molecule has 2 aromatic carbocycles. The lowest BCUT2D eigenvalue weighted by atomic mass is 10.1. The molecule has 4 rings (SSSR count). The van der Waals surface area contributed by atoms with Crippen LogP contribution in [0.4, 0.5) is 11.4 Å². The summed E-state index contributed by atoms with van der Waals surface area (Å²) in [6.45, 7) is 4.21. The largest absolute Gasteiger partial charge is 0.355 e. The fourth-order valence-electron chi connectivity index (χ4n) is 3.14. The lowest BCUT2D eigenvalue weighted by Crippen LogP contribution is -2.11. The van der Waals surface area contributed by atoms with Crippen LogP contribution in [-0.4, -0.2) is 26.3 Å². The average Bonchev–Trinajstić information content (AvgIpc) is 3.12. The molecule has 0 aliphatic carbocycles. The van der Waals surface area contributed by atoms with Crippen LogP contribution in [0, 0.1) is 0 Å². The second kappa shape index (κ2) is 6.96. The van der Waals surface area contributed by atoms with Crippen molar-refractivity contribution in [3.63, 3.8) is 0 Å². The summed E-state index contributed by atoms with van der Waals surface area (Å²) in [5.41, 5.74) is 3.59. The third-order valence-corrected chi connectivity index (χ3v) is 5.48. The Morgan fingerprint density at radius 3 is 2.88 bits per heavy atom. The van der Waals surface area contributed by atoms with Gasteiger partial charge in [-0.2, -0.15) is 0 Å². The molecule has 26 heavy (non-hydrogen) atoms. The van der Waals surface area contributed by atoms with E-state index in [-0.39, 0.29) is 11.8 Å². The summed E-state index contributed by atoms with van der Waals surface area (Å²) in [4.78, 5) is 13.5. The lowest BCUT2D eigenvalue weighted by molar-refractivity contribution is 0.0985. The summed E-state index contributed by atoms with van der Waals surface area (Å²) < 4.78 is 2.05. The highest BCUT2D eigenvalue weighted by molar-refractivity contribution is 7.99. The molecule has 5 nitrogen and oxygen atoms in total. The number of ketones is 1. The standard InChI is InChI=1S/C20H20N4OS/c1-13(2)24-12-21-23-20(24)14-5-3-6-15(11-14)22-16-7-4-8-18-19(16)17(25)9-10-26-18/h3-8,11-13,22H,9-10H2,1-2H3. The van der Waals surface area contributed by atoms with E-state index in [9.17, 15) is 4.79 Å². The highest BCUT2D eigenvalue weighted by Crippen LogP contribution is 2.36. The predicted octanol–water partition coefficient (Wildman–Crippen LogP) is 4.95. The molecule has 1 aliphatic rings. The van der Waals surface area contributed by atoms with Gasteiger partial charge in [0.1, 0.15) is 6.33 Å². The quantitative estimate of drug-likeness (QED) is 0.710. The van der Waals surface area contributed by atoms with Crippen LogP contribution in [0.25, 0.3) is 11.4 Å². The van der Waals surface area contributed by atoms with Gasteiger partial charge in [-0.3, -0.25) is 4.79 Å². The Bertz CT molecular complexity index is 964. The van der Waals surface area contributed by atoms with Gasteiger partial charge in [-0.25, -0.2) is 0 Å². The van der Waals surface area contributed by atoms with Crippen molar-refractivity contribution < 1.29 is 4.79 Å². The summed E-state index contributed by atoms with van der Waals surface area (Å²) in [5.74, 6) is 1.90. The van der Waals surface area contributed by atoms with Gasteiger partial charge in [0.2, 0.25) is 0 Å². The van der Waals surface area contributed by atoms with E-state index in [1.807, 2.05) is 47.0 Å². The number of nitrogens with one attached hydrogen (secondary N) is 1. The molecule has 0 amide bonds. The Balaban J connectivity index is 1.69. The molecule has 2 heterocycles. The minimum Gasteiger partial charge on any atom is -0.355 e. The van der Waals surface area contributed by atoms with Crippen LogP contribution in [0.5, 0.6) is 0 Å². The van der Waals surface area contributed by atoms with Crippen molar-refractivity contribution in [2.24, 2.45) is 0 Å². The van der Waals surface area contributed by atoms with Crippen molar-refractivity contribution in [2.75, 3.05) is 11.1 Å². The maximum absolute atomic E-state index is 12.4. The fourth-order valence-corrected chi connectivity index (χ4v) is 4.19. The van der Waals surface area contributed by atoms with Gasteiger partial charge in [0.05, 0.1) is 11.3 Å². The number of anilines is 2. The van der Waals surface area contributed by atoms with Gasteiger partial charge in [-0.05, 0) is 38.1 Å². The number of Topliss-reactive ketones (excluding diaryl/α,β-unsaturated/α-hetero) is 1. The van der Waals surface area contributed by atoms with Crippen LogP contribution >= 0.6 is 11.8 Å². The number of aromatic nitrogens is 3. The van der Waals surface area contributed by atoms with Crippen LogP contribution in [-0.2, 0) is 0 Å². The number of rotatable bonds is 4. The zero-order chi connectivity index (χ0) is 18.1. The van der Waals surface area contributed by atoms with Gasteiger partial charge in [-0.15, -0.1) is 22.0 Å². The topological polar surface area (TPSA) is 59.8 Å². The van der Waals surface area contributed by atoms with Crippen LogP contribution in [0.3, 0.4) is 0 Å². The van der Waals surface area contributed by atoms with Gasteiger partial charge < -0.3 is 9.88 Å². The Hall–Kier alpha value is -2.60. The molecule has 0 saturated heterocycles. The summed E-state index contributed by atoms with van der Waals surface area (Å²) in [6.07, 6.45) is 2.34. The molecule has 0 bridgehead atoms. The Labute approximate surface area is 156 Å². The van der Waals surface area contributed by atoms with E-state index >= 15 is 0 Å². The van der Waals surface area contributed by atoms with Gasteiger partial charge in [-0.1, -0.05) is 18.2 Å². The molecule has 3 aromatic rings. The number of nitrogens with zero attached hydrogens (tertiary/aromatic N) is 3. The van der Waals surface area contributed by atoms with Crippen molar-refractivity contribution in [1.82, 2.24) is 14.8 Å². The number of carbonyl (C=O) groups excluding carboxylic acids is 1. The van der Waals surface area contributed by atoms with Crippen LogP contribution < -0.4 is 5.32 Å². The molecule has 1 aliphatic heterocycles. The van der Waals surface area contributed by atoms with Crippen LogP contribution in [0.15, 0.2) is 53.7 Å². The van der Waals surface area contributed by atoms with E-state index in [0.29, 0.717) is 6.42 Å². The normalized spacial score (nSPS) is 13.7. The van der Waals surface area contributed by atoms with Crippen molar-refractivity contribution in [1.29, 1.82) is 0 Å². The SMILES string of the molecule is CC(C)n1cnnc1-c1cccc(Nc2cccc3c2C(=O)CCS3)c1. The number of fused-ring (bicyclic) bond motifs is 1. The minimum absolute atomic E-state index is 0.206. The Kier molecular flexibility index (Phi) is 4.51. The monoisotopic (exact) mass is 364 g/mol. The van der Waals surface area contributed by atoms with Gasteiger partial charge in [0, 0.05) is 34.4 Å². The molecule has 1 aromatic heterocycles. The smallest absolute Gasteiger partial charge is 0.166 e. The maximum Gasteiger partial charge on any atom is 0.166 e. The van der Waals surface area contributed by atoms with Crippen molar-refractivity contribution >= 4 is 28.9 Å². The molecule has 0 fully saturated rings. The van der Waals surface area contributed by atoms with E-state index in [1.54, 1.807) is 18.1 Å². The number of hydrogen-bond donors (Lipinski definition) is 1. The number of benzene rings is 2. The van der Waals surface area contributed by atoms with Crippen molar-refractivity contribution in [3.05, 3.63) is 54.4 Å². The molecule has 0 spiro atoms. The molecule has 0 atom stereocenters. The third-order valence-electron chi connectivity index (χ3n) is 4.42. The van der Waals surface area contributed by atoms with Gasteiger partial charge in [0.25, 0.3) is 0 Å². The summed E-state index contributed by atoms with van der Waals surface area (Å²) in [5, 5.41) is 11.7. The van der Waals surface area contributed by atoms with Crippen LogP contribution in [0.1, 0.15) is 36.7 Å². The van der Waals surface area contributed by atoms with E-state index < -0.39 is 0 Å². The van der Waals surface area contributed by atoms with E-state index in [1.165, 1.54) is 0 Å². The first kappa shape index (κ1) is 16.8. The molecule has 1 N–H and O–H groups in total. The van der Waals surface area contributed by atoms with E-state index in [0.717, 1.165) is 39.0 Å². The highest BCUT2D eigenvalue weighted by atomic mass is 32.2. The van der Waals surface area contributed by atoms with Crippen molar-refractivity contribution in [3.8, 4) is 11.4 Å². The Morgan fingerprint density at radius 2 is 2.04 bits per heavy atom. The summed E-state index contributed by atoms with van der Waals surface area (Å²) >= 11 is 1.74. The molecular weight excluding hydrogens is 344 g/mol. The molecule has 0 saturated carbocycles.